The summed E-state index contributed by atoms with van der Waals surface area (Å²) in [7, 11) is 0. The zero-order valence-corrected chi connectivity index (χ0v) is 16.8. The topological polar surface area (TPSA) is 39.7 Å². The second kappa shape index (κ2) is 10.6. The van der Waals surface area contributed by atoms with E-state index < -0.39 is 6.43 Å². The highest BCUT2D eigenvalue weighted by atomic mass is 19.3. The first-order chi connectivity index (χ1) is 12.9. The number of hydrogen-bond acceptors (Lipinski definition) is 2. The van der Waals surface area contributed by atoms with Crippen LogP contribution in [0.5, 0.6) is 0 Å². The average molecular weight is 381 g/mol. The molecule has 1 fully saturated rings. The van der Waals surface area contributed by atoms with Crippen molar-refractivity contribution in [3.05, 3.63) is 35.9 Å². The Bertz CT molecular complexity index is 567. The van der Waals surface area contributed by atoms with Gasteiger partial charge in [-0.15, -0.1) is 0 Å². The second-order valence-corrected chi connectivity index (χ2v) is 8.13. The van der Waals surface area contributed by atoms with Crippen molar-refractivity contribution in [2.24, 2.45) is 10.4 Å². The zero-order valence-electron chi connectivity index (χ0n) is 16.8. The van der Waals surface area contributed by atoms with Crippen LogP contribution in [0.1, 0.15) is 39.2 Å². The first-order valence-corrected chi connectivity index (χ1v) is 9.97. The van der Waals surface area contributed by atoms with E-state index in [9.17, 15) is 8.78 Å². The molecule has 0 aromatic heterocycles. The average Bonchev–Trinajstić information content (AvgIpc) is 2.62. The van der Waals surface area contributed by atoms with E-state index in [1.807, 2.05) is 11.0 Å². The summed E-state index contributed by atoms with van der Waals surface area (Å²) >= 11 is 0. The maximum atomic E-state index is 12.5. The van der Waals surface area contributed by atoms with Gasteiger partial charge in [-0.1, -0.05) is 44.2 Å². The molecule has 0 radical (unpaired) electrons. The van der Waals surface area contributed by atoms with Gasteiger partial charge in [0.1, 0.15) is 0 Å². The maximum absolute atomic E-state index is 12.5. The number of alkyl halides is 2. The summed E-state index contributed by atoms with van der Waals surface area (Å²) in [6, 6.07) is 10.8. The number of aliphatic imine (C=N–C) groups is 1. The van der Waals surface area contributed by atoms with E-state index in [1.54, 1.807) is 0 Å². The Kier molecular flexibility index (Phi) is 8.48. The van der Waals surface area contributed by atoms with Crippen molar-refractivity contribution in [1.82, 2.24) is 15.5 Å². The van der Waals surface area contributed by atoms with Crippen molar-refractivity contribution in [1.29, 1.82) is 0 Å². The Morgan fingerprint density at radius 1 is 1.22 bits per heavy atom. The third-order valence-electron chi connectivity index (χ3n) is 4.86. The van der Waals surface area contributed by atoms with Crippen LogP contribution in [-0.2, 0) is 6.42 Å². The molecule has 0 bridgehead atoms. The summed E-state index contributed by atoms with van der Waals surface area (Å²) in [5, 5.41) is 6.81. The molecule has 27 heavy (non-hydrogen) atoms. The molecule has 1 aromatic rings. The van der Waals surface area contributed by atoms with Gasteiger partial charge in [-0.05, 0) is 37.2 Å². The quantitative estimate of drug-likeness (QED) is 0.535. The SMILES string of the molecule is CCNC(=NCC(C)(C)Cc1ccccc1)NC1CCN(CC(F)F)CC1. The second-order valence-electron chi connectivity index (χ2n) is 8.13. The van der Waals surface area contributed by atoms with Gasteiger partial charge in [0, 0.05) is 32.2 Å². The van der Waals surface area contributed by atoms with Gasteiger partial charge >= 0.3 is 0 Å². The van der Waals surface area contributed by atoms with Crippen molar-refractivity contribution in [2.45, 2.75) is 52.5 Å². The lowest BCUT2D eigenvalue weighted by Gasteiger charge is -2.33. The molecule has 0 unspecified atom stereocenters. The molecule has 6 heteroatoms. The Morgan fingerprint density at radius 2 is 1.89 bits per heavy atom. The molecular weight excluding hydrogens is 346 g/mol. The summed E-state index contributed by atoms with van der Waals surface area (Å²) in [5.41, 5.74) is 1.38. The first kappa shape index (κ1) is 21.6. The lowest BCUT2D eigenvalue weighted by molar-refractivity contribution is 0.0744. The highest BCUT2D eigenvalue weighted by molar-refractivity contribution is 5.80. The largest absolute Gasteiger partial charge is 0.357 e. The molecule has 0 amide bonds. The molecule has 2 N–H and O–H groups in total. The van der Waals surface area contributed by atoms with Gasteiger partial charge in [0.2, 0.25) is 0 Å². The molecule has 1 aliphatic rings. The predicted molar refractivity (Wildman–Crippen MR) is 109 cm³/mol. The minimum absolute atomic E-state index is 0.0599. The van der Waals surface area contributed by atoms with Gasteiger partial charge in [-0.2, -0.15) is 0 Å². The summed E-state index contributed by atoms with van der Waals surface area (Å²) < 4.78 is 25.0. The third-order valence-corrected chi connectivity index (χ3v) is 4.86. The van der Waals surface area contributed by atoms with E-state index in [0.29, 0.717) is 13.1 Å². The van der Waals surface area contributed by atoms with Crippen molar-refractivity contribution < 1.29 is 8.78 Å². The zero-order chi connectivity index (χ0) is 19.7. The molecule has 0 atom stereocenters. The van der Waals surface area contributed by atoms with Crippen LogP contribution in [0.2, 0.25) is 0 Å². The lowest BCUT2D eigenvalue weighted by Crippen LogP contribution is -2.49. The van der Waals surface area contributed by atoms with Crippen LogP contribution in [0.15, 0.2) is 35.3 Å². The van der Waals surface area contributed by atoms with Crippen LogP contribution in [0, 0.1) is 5.41 Å². The van der Waals surface area contributed by atoms with Crippen molar-refractivity contribution in [3.63, 3.8) is 0 Å². The summed E-state index contributed by atoms with van der Waals surface area (Å²) in [5.74, 6) is 0.825. The molecule has 1 saturated heterocycles. The van der Waals surface area contributed by atoms with Crippen LogP contribution in [-0.4, -0.2) is 56.1 Å². The molecule has 1 heterocycles. The Labute approximate surface area is 162 Å². The van der Waals surface area contributed by atoms with Gasteiger partial charge < -0.3 is 10.6 Å². The molecule has 4 nitrogen and oxygen atoms in total. The molecule has 0 aliphatic carbocycles. The van der Waals surface area contributed by atoms with E-state index in [0.717, 1.165) is 38.3 Å². The molecule has 0 saturated carbocycles. The number of benzene rings is 1. The number of hydrogen-bond donors (Lipinski definition) is 2. The number of nitrogens with one attached hydrogen (secondary N) is 2. The standard InChI is InChI=1S/C21H34F2N4/c1-4-24-20(26-18-10-12-27(13-11-18)15-19(22)23)25-16-21(2,3)14-17-8-6-5-7-9-17/h5-9,18-19H,4,10-16H2,1-3H3,(H2,24,25,26). The van der Waals surface area contributed by atoms with Gasteiger partial charge in [0.05, 0.1) is 6.54 Å². The molecule has 0 spiro atoms. The highest BCUT2D eigenvalue weighted by Crippen LogP contribution is 2.22. The number of likely N-dealkylation sites (tertiary alicyclic amines) is 1. The number of nitrogens with zero attached hydrogens (tertiary/aromatic N) is 2. The Hall–Kier alpha value is -1.69. The molecule has 2 rings (SSSR count). The fourth-order valence-corrected chi connectivity index (χ4v) is 3.47. The minimum Gasteiger partial charge on any atom is -0.357 e. The van der Waals surface area contributed by atoms with Gasteiger partial charge in [0.15, 0.2) is 5.96 Å². The van der Waals surface area contributed by atoms with Crippen molar-refractivity contribution in [3.8, 4) is 0 Å². The third kappa shape index (κ3) is 8.24. The summed E-state index contributed by atoms with van der Waals surface area (Å²) in [6.07, 6.45) is 0.456. The fourth-order valence-electron chi connectivity index (χ4n) is 3.47. The number of piperidine rings is 1. The minimum atomic E-state index is -2.25. The molecule has 152 valence electrons. The van der Waals surface area contributed by atoms with E-state index in [1.165, 1.54) is 5.56 Å². The van der Waals surface area contributed by atoms with Crippen molar-refractivity contribution >= 4 is 5.96 Å². The lowest BCUT2D eigenvalue weighted by atomic mass is 9.86. The molecule has 1 aliphatic heterocycles. The van der Waals surface area contributed by atoms with E-state index in [-0.39, 0.29) is 18.0 Å². The van der Waals surface area contributed by atoms with Gasteiger partial charge in [0.25, 0.3) is 6.43 Å². The summed E-state index contributed by atoms with van der Waals surface area (Å²) in [4.78, 5) is 6.65. The smallest absolute Gasteiger partial charge is 0.251 e. The van der Waals surface area contributed by atoms with E-state index in [4.69, 9.17) is 4.99 Å². The normalized spacial score (nSPS) is 17.3. The molecular formula is C21H34F2N4. The number of guanidine groups is 1. The van der Waals surface area contributed by atoms with Crippen LogP contribution < -0.4 is 10.6 Å². The van der Waals surface area contributed by atoms with Crippen LogP contribution in [0.4, 0.5) is 8.78 Å². The monoisotopic (exact) mass is 380 g/mol. The first-order valence-electron chi connectivity index (χ1n) is 9.97. The summed E-state index contributed by atoms with van der Waals surface area (Å²) in [6.45, 7) is 9.34. The van der Waals surface area contributed by atoms with E-state index in [2.05, 4.69) is 55.7 Å². The van der Waals surface area contributed by atoms with Gasteiger partial charge in [-0.25, -0.2) is 8.78 Å². The highest BCUT2D eigenvalue weighted by Gasteiger charge is 2.23. The van der Waals surface area contributed by atoms with Gasteiger partial charge in [-0.3, -0.25) is 9.89 Å². The van der Waals surface area contributed by atoms with Crippen LogP contribution >= 0.6 is 0 Å². The van der Waals surface area contributed by atoms with Crippen molar-refractivity contribution in [2.75, 3.05) is 32.7 Å². The van der Waals surface area contributed by atoms with Crippen LogP contribution in [0.25, 0.3) is 0 Å². The van der Waals surface area contributed by atoms with Crippen LogP contribution in [0.3, 0.4) is 0 Å². The number of rotatable bonds is 8. The Balaban J connectivity index is 1.86. The fraction of sp³-hybridized carbons (Fsp3) is 0.667. The maximum Gasteiger partial charge on any atom is 0.251 e. The number of halogens is 2. The van der Waals surface area contributed by atoms with E-state index >= 15 is 0 Å². The molecule has 1 aromatic carbocycles. The predicted octanol–water partition coefficient (Wildman–Crippen LogP) is 3.54. The Morgan fingerprint density at radius 3 is 2.48 bits per heavy atom.